The zero-order valence-electron chi connectivity index (χ0n) is 15.4. The number of nitrogens with zero attached hydrogens (tertiary/aromatic N) is 1. The van der Waals surface area contributed by atoms with E-state index in [1.807, 2.05) is 0 Å². The van der Waals surface area contributed by atoms with Crippen molar-refractivity contribution in [1.82, 2.24) is 4.90 Å². The highest BCUT2D eigenvalue weighted by atomic mass is 16.7. The van der Waals surface area contributed by atoms with Crippen LogP contribution in [0.3, 0.4) is 0 Å². The quantitative estimate of drug-likeness (QED) is 0.824. The summed E-state index contributed by atoms with van der Waals surface area (Å²) in [7, 11) is 3.39. The van der Waals surface area contributed by atoms with Crippen LogP contribution in [0.15, 0.2) is 24.3 Å². The first-order valence-electron chi connectivity index (χ1n) is 9.11. The number of rotatable bonds is 2. The number of benzene rings is 2. The molecule has 0 saturated heterocycles. The zero-order chi connectivity index (χ0) is 17.8. The minimum absolute atomic E-state index is 0.321. The smallest absolute Gasteiger partial charge is 0.231 e. The molecule has 2 aromatic rings. The highest BCUT2D eigenvalue weighted by molar-refractivity contribution is 5.54. The van der Waals surface area contributed by atoms with Crippen LogP contribution >= 0.6 is 0 Å². The lowest BCUT2D eigenvalue weighted by molar-refractivity contribution is 0.138. The molecule has 3 heterocycles. The van der Waals surface area contributed by atoms with Gasteiger partial charge in [-0.05, 0) is 52.9 Å². The fourth-order valence-electron chi connectivity index (χ4n) is 4.74. The predicted octanol–water partition coefficient (Wildman–Crippen LogP) is 3.65. The minimum Gasteiger partial charge on any atom is -0.493 e. The van der Waals surface area contributed by atoms with Crippen LogP contribution in [0.25, 0.3) is 0 Å². The Morgan fingerprint density at radius 2 is 1.65 bits per heavy atom. The second-order valence-corrected chi connectivity index (χ2v) is 7.26. The molecular weight excluding hydrogens is 330 g/mol. The number of fused-ring (bicyclic) bond motifs is 5. The summed E-state index contributed by atoms with van der Waals surface area (Å²) in [5.41, 5.74) is 5.42. The third-order valence-corrected chi connectivity index (χ3v) is 6.00. The molecule has 2 atom stereocenters. The molecule has 0 radical (unpaired) electrons. The van der Waals surface area contributed by atoms with Crippen molar-refractivity contribution in [2.75, 3.05) is 27.6 Å². The van der Waals surface area contributed by atoms with E-state index in [1.165, 1.54) is 22.3 Å². The SMILES string of the molecule is COc1cc2c(cc1OC)C(C)C1c3cc4c(cc3CCN1C2)OCO4. The van der Waals surface area contributed by atoms with Gasteiger partial charge in [-0.2, -0.15) is 0 Å². The second kappa shape index (κ2) is 5.81. The number of methoxy groups -OCH3 is 2. The van der Waals surface area contributed by atoms with Gasteiger partial charge in [-0.15, -0.1) is 0 Å². The summed E-state index contributed by atoms with van der Waals surface area (Å²) >= 11 is 0. The molecule has 3 aliphatic heterocycles. The molecule has 0 bridgehead atoms. The van der Waals surface area contributed by atoms with Gasteiger partial charge in [0.1, 0.15) is 0 Å². The van der Waals surface area contributed by atoms with E-state index in [9.17, 15) is 0 Å². The fraction of sp³-hybridized carbons (Fsp3) is 0.429. The summed E-state index contributed by atoms with van der Waals surface area (Å²) in [5.74, 6) is 3.72. The molecule has 2 unspecified atom stereocenters. The Kier molecular flexibility index (Phi) is 3.54. The molecule has 2 aromatic carbocycles. The van der Waals surface area contributed by atoms with E-state index in [2.05, 4.69) is 36.1 Å². The summed E-state index contributed by atoms with van der Waals surface area (Å²) in [4.78, 5) is 2.57. The Morgan fingerprint density at radius 1 is 0.923 bits per heavy atom. The first-order valence-corrected chi connectivity index (χ1v) is 9.11. The van der Waals surface area contributed by atoms with Gasteiger partial charge in [0.05, 0.1) is 14.2 Å². The average molecular weight is 353 g/mol. The first kappa shape index (κ1) is 15.8. The summed E-state index contributed by atoms with van der Waals surface area (Å²) in [6.07, 6.45) is 1.04. The maximum absolute atomic E-state index is 5.64. The highest BCUT2D eigenvalue weighted by Crippen LogP contribution is 2.50. The molecule has 5 heteroatoms. The minimum atomic E-state index is 0.321. The normalized spacial score (nSPS) is 23.0. The molecular formula is C21H23NO4. The molecule has 5 rings (SSSR count). The van der Waals surface area contributed by atoms with Crippen molar-refractivity contribution in [2.24, 2.45) is 0 Å². The number of hydrogen-bond donors (Lipinski definition) is 0. The molecule has 0 amide bonds. The van der Waals surface area contributed by atoms with Crippen molar-refractivity contribution in [1.29, 1.82) is 0 Å². The Balaban J connectivity index is 1.61. The van der Waals surface area contributed by atoms with Crippen LogP contribution in [0.2, 0.25) is 0 Å². The standard InChI is InChI=1S/C21H23NO4/c1-12-15-8-18(24-3)17(23-2)7-14(15)10-22-5-4-13-6-19-20(26-11-25-19)9-16(13)21(12)22/h6-9,12,21H,4-5,10-11H2,1-3H3. The van der Waals surface area contributed by atoms with E-state index in [4.69, 9.17) is 18.9 Å². The molecule has 136 valence electrons. The topological polar surface area (TPSA) is 40.2 Å². The van der Waals surface area contributed by atoms with Crippen LogP contribution in [-0.4, -0.2) is 32.5 Å². The van der Waals surface area contributed by atoms with E-state index in [0.29, 0.717) is 18.8 Å². The van der Waals surface area contributed by atoms with Gasteiger partial charge in [-0.25, -0.2) is 0 Å². The largest absolute Gasteiger partial charge is 0.493 e. The van der Waals surface area contributed by atoms with Crippen LogP contribution in [0.1, 0.15) is 41.1 Å². The Hall–Kier alpha value is -2.40. The third-order valence-electron chi connectivity index (χ3n) is 6.00. The lowest BCUT2D eigenvalue weighted by atomic mass is 9.77. The average Bonchev–Trinajstić information content (AvgIpc) is 3.12. The molecule has 3 aliphatic rings. The van der Waals surface area contributed by atoms with Crippen LogP contribution in [-0.2, 0) is 13.0 Å². The lowest BCUT2D eigenvalue weighted by Gasteiger charge is -2.45. The van der Waals surface area contributed by atoms with Crippen LogP contribution in [0.5, 0.6) is 23.0 Å². The van der Waals surface area contributed by atoms with Crippen molar-refractivity contribution in [3.63, 3.8) is 0 Å². The van der Waals surface area contributed by atoms with Gasteiger partial charge in [0, 0.05) is 25.0 Å². The Morgan fingerprint density at radius 3 is 2.42 bits per heavy atom. The number of ether oxygens (including phenoxy) is 4. The Bertz CT molecular complexity index is 879. The maximum Gasteiger partial charge on any atom is 0.231 e. The third kappa shape index (κ3) is 2.20. The Labute approximate surface area is 153 Å². The number of hydrogen-bond acceptors (Lipinski definition) is 5. The molecule has 0 fully saturated rings. The van der Waals surface area contributed by atoms with Gasteiger partial charge < -0.3 is 18.9 Å². The van der Waals surface area contributed by atoms with E-state index in [0.717, 1.165) is 42.5 Å². The van der Waals surface area contributed by atoms with Gasteiger partial charge in [-0.1, -0.05) is 6.92 Å². The summed E-state index contributed by atoms with van der Waals surface area (Å²) in [5, 5.41) is 0. The molecule has 26 heavy (non-hydrogen) atoms. The molecule has 0 aromatic heterocycles. The maximum atomic E-state index is 5.64. The summed E-state index contributed by atoms with van der Waals surface area (Å²) in [6, 6.07) is 9.00. The van der Waals surface area contributed by atoms with Gasteiger partial charge in [0.25, 0.3) is 0 Å². The van der Waals surface area contributed by atoms with Crippen LogP contribution < -0.4 is 18.9 Å². The zero-order valence-corrected chi connectivity index (χ0v) is 15.4. The van der Waals surface area contributed by atoms with Gasteiger partial charge in [0.15, 0.2) is 23.0 Å². The van der Waals surface area contributed by atoms with Crippen molar-refractivity contribution in [3.8, 4) is 23.0 Å². The van der Waals surface area contributed by atoms with E-state index in [1.54, 1.807) is 14.2 Å². The summed E-state index contributed by atoms with van der Waals surface area (Å²) in [6.45, 7) is 4.61. The van der Waals surface area contributed by atoms with Crippen LogP contribution in [0, 0.1) is 0 Å². The molecule has 0 aliphatic carbocycles. The first-order chi connectivity index (χ1) is 12.7. The predicted molar refractivity (Wildman–Crippen MR) is 97.4 cm³/mol. The van der Waals surface area contributed by atoms with E-state index < -0.39 is 0 Å². The highest BCUT2D eigenvalue weighted by Gasteiger charge is 2.38. The molecule has 5 nitrogen and oxygen atoms in total. The second-order valence-electron chi connectivity index (χ2n) is 7.26. The van der Waals surface area contributed by atoms with Gasteiger partial charge in [-0.3, -0.25) is 4.90 Å². The van der Waals surface area contributed by atoms with Gasteiger partial charge in [0.2, 0.25) is 6.79 Å². The van der Waals surface area contributed by atoms with E-state index >= 15 is 0 Å². The molecule has 0 saturated carbocycles. The van der Waals surface area contributed by atoms with Crippen LogP contribution in [0.4, 0.5) is 0 Å². The lowest BCUT2D eigenvalue weighted by Crippen LogP contribution is -2.41. The molecule has 0 N–H and O–H groups in total. The molecule has 0 spiro atoms. The van der Waals surface area contributed by atoms with Crippen molar-refractivity contribution < 1.29 is 18.9 Å². The van der Waals surface area contributed by atoms with Gasteiger partial charge >= 0.3 is 0 Å². The fourth-order valence-corrected chi connectivity index (χ4v) is 4.74. The summed E-state index contributed by atoms with van der Waals surface area (Å²) < 4.78 is 22.3. The van der Waals surface area contributed by atoms with Crippen molar-refractivity contribution >= 4 is 0 Å². The van der Waals surface area contributed by atoms with Crippen molar-refractivity contribution in [2.45, 2.75) is 31.8 Å². The van der Waals surface area contributed by atoms with E-state index in [-0.39, 0.29) is 0 Å². The monoisotopic (exact) mass is 353 g/mol. The van der Waals surface area contributed by atoms with Crippen molar-refractivity contribution in [3.05, 3.63) is 46.5 Å².